The van der Waals surface area contributed by atoms with Gasteiger partial charge in [0.15, 0.2) is 0 Å². The summed E-state index contributed by atoms with van der Waals surface area (Å²) in [7, 11) is 0. The van der Waals surface area contributed by atoms with Crippen molar-refractivity contribution in [1.82, 2.24) is 9.13 Å². The fourth-order valence-corrected chi connectivity index (χ4v) is 22.7. The molecule has 0 radical (unpaired) electrons. The standard InChI is InChI=1S/C133H135BN4/c1-124(2,3)86-54-46-82(47-55-86)101-72-94(130(19,20)21)73-102(83-48-56-87(57-49-83)125(4,5)6)122(101)137-117-78-97(135-114-68-62-92(128(13,14)15)70-106(114)107-71-93(129(16,17)18)63-69-115(107)135)64-66-111(117)134-112-67-65-98(136-113-45-37-35-43-100(113)108-80-105-99-42-34-36-44-109(99)133(110(105)81-116(108)136,90-38-30-28-31-39-90)91-40-32-29-33-41-91)79-118(112)138(120-77-96(132(25,26)27)76-119(137)121(120)134)123-103(84-50-58-88(59-51-84)126(7,8)9)74-95(131(22,23)24)75-104(123)85-52-60-89(61-53-85)127(10,11)12/h28-81H,1-27H3. The Kier molecular flexibility index (Phi) is 21.1. The van der Waals surface area contributed by atoms with E-state index in [1.807, 2.05) is 0 Å². The van der Waals surface area contributed by atoms with Gasteiger partial charge in [0.2, 0.25) is 0 Å². The zero-order valence-corrected chi connectivity index (χ0v) is 86.5. The van der Waals surface area contributed by atoms with Gasteiger partial charge in [-0.25, -0.2) is 0 Å². The van der Waals surface area contributed by atoms with Gasteiger partial charge in [0, 0.05) is 77.9 Å². The van der Waals surface area contributed by atoms with E-state index < -0.39 is 10.8 Å². The van der Waals surface area contributed by atoms with Crippen molar-refractivity contribution < 1.29 is 0 Å². The number of benzene rings is 16. The zero-order valence-electron chi connectivity index (χ0n) is 86.5. The van der Waals surface area contributed by atoms with Gasteiger partial charge >= 0.3 is 0 Å². The molecule has 0 saturated heterocycles. The highest BCUT2D eigenvalue weighted by molar-refractivity contribution is 7.00. The maximum Gasteiger partial charge on any atom is 0.252 e. The van der Waals surface area contributed by atoms with Crippen molar-refractivity contribution in [2.75, 3.05) is 9.80 Å². The highest BCUT2D eigenvalue weighted by Crippen LogP contribution is 2.61. The van der Waals surface area contributed by atoms with E-state index in [9.17, 15) is 0 Å². The first-order valence-electron chi connectivity index (χ1n) is 50.4. The van der Waals surface area contributed by atoms with Crippen LogP contribution in [-0.2, 0) is 54.1 Å². The van der Waals surface area contributed by atoms with E-state index in [0.29, 0.717) is 0 Å². The second-order valence-electron chi connectivity index (χ2n) is 49.5. The van der Waals surface area contributed by atoms with Crippen molar-refractivity contribution in [3.8, 4) is 67.0 Å². The second-order valence-corrected chi connectivity index (χ2v) is 49.5. The molecular formula is C133H135BN4. The zero-order chi connectivity index (χ0) is 97.3. The number of rotatable bonds is 10. The lowest BCUT2D eigenvalue weighted by atomic mass is 9.33. The topological polar surface area (TPSA) is 16.3 Å². The summed E-state index contributed by atoms with van der Waals surface area (Å²) in [6.45, 7) is 63.7. The summed E-state index contributed by atoms with van der Waals surface area (Å²) >= 11 is 0. The molecule has 3 aliphatic rings. The Morgan fingerprint density at radius 2 is 0.514 bits per heavy atom. The van der Waals surface area contributed by atoms with Gasteiger partial charge < -0.3 is 18.9 Å². The molecule has 0 saturated carbocycles. The molecule has 0 unspecified atom stereocenters. The van der Waals surface area contributed by atoms with Crippen molar-refractivity contribution in [3.63, 3.8) is 0 Å². The van der Waals surface area contributed by atoms with E-state index in [2.05, 4.69) is 533 Å². The number of anilines is 6. The van der Waals surface area contributed by atoms with Crippen LogP contribution in [0.25, 0.3) is 111 Å². The Morgan fingerprint density at radius 3 is 0.884 bits per heavy atom. The molecule has 0 amide bonds. The third-order valence-corrected chi connectivity index (χ3v) is 30.8. The minimum atomic E-state index is -0.649. The molecule has 138 heavy (non-hydrogen) atoms. The molecular weight excluding hydrogens is 1660 g/mol. The number of para-hydroxylation sites is 1. The van der Waals surface area contributed by atoms with Gasteiger partial charge in [0.05, 0.1) is 38.9 Å². The Hall–Kier alpha value is -13.2. The average molecular weight is 1800 g/mol. The summed E-state index contributed by atoms with van der Waals surface area (Å²) in [4.78, 5) is 5.64. The van der Waals surface area contributed by atoms with Crippen LogP contribution in [-0.4, -0.2) is 15.8 Å². The first kappa shape index (κ1) is 91.2. The van der Waals surface area contributed by atoms with Gasteiger partial charge in [0.1, 0.15) is 0 Å². The minimum Gasteiger partial charge on any atom is -0.310 e. The van der Waals surface area contributed by atoms with Crippen molar-refractivity contribution >= 4 is 101 Å². The first-order valence-corrected chi connectivity index (χ1v) is 50.4. The van der Waals surface area contributed by atoms with Crippen LogP contribution < -0.4 is 26.2 Å². The maximum atomic E-state index is 2.82. The highest BCUT2D eigenvalue weighted by Gasteiger charge is 2.50. The quantitative estimate of drug-likeness (QED) is 0.127. The molecule has 0 spiro atoms. The summed E-state index contributed by atoms with van der Waals surface area (Å²) < 4.78 is 5.24. The predicted octanol–water partition coefficient (Wildman–Crippen LogP) is 34.7. The Bertz CT molecular complexity index is 7650. The number of hydrogen-bond donors (Lipinski definition) is 0. The maximum absolute atomic E-state index is 2.82. The normalized spacial score (nSPS) is 14.1. The minimum absolute atomic E-state index is 0.0932. The van der Waals surface area contributed by atoms with Crippen molar-refractivity contribution in [3.05, 3.63) is 400 Å². The van der Waals surface area contributed by atoms with Crippen LogP contribution in [0.5, 0.6) is 0 Å². The SMILES string of the molecule is CC(C)(C)c1ccc(-c2cc(C(C)(C)C)cc(-c3ccc(C(C)(C)C)cc3)c2N2c3cc(-n4c5ccc(C(C)(C)C)cc5c5cc(C(C)(C)C)ccc54)ccc3B3c4ccc(-n5c6ccccc6c6cc7c(cc65)C(c5ccccc5)(c5ccccc5)c5ccccc5-7)cc4N(c4c(-c5ccc(C(C)(C)C)cc5)cc(C(C)(C)C)cc4-c4ccc(C(C)(C)C)cc4)c4cc(C(C)(C)C)cc2c43)cc1. The van der Waals surface area contributed by atoms with Crippen molar-refractivity contribution in [1.29, 1.82) is 0 Å². The molecule has 21 rings (SSSR count). The lowest BCUT2D eigenvalue weighted by Crippen LogP contribution is -2.61. The molecule has 0 fully saturated rings. The van der Waals surface area contributed by atoms with Crippen LogP contribution in [0.1, 0.15) is 259 Å². The largest absolute Gasteiger partial charge is 0.310 e. The van der Waals surface area contributed by atoms with Crippen LogP contribution in [0, 0.1) is 0 Å². The Labute approximate surface area is 822 Å². The first-order chi connectivity index (χ1) is 65.1. The molecule has 4 heterocycles. The number of nitrogens with zero attached hydrogens (tertiary/aromatic N) is 4. The number of hydrogen-bond acceptors (Lipinski definition) is 2. The summed E-state index contributed by atoms with van der Waals surface area (Å²) in [5, 5.41) is 4.94. The van der Waals surface area contributed by atoms with E-state index >= 15 is 0 Å². The summed E-state index contributed by atoms with van der Waals surface area (Å²) in [6.07, 6.45) is 0. The molecule has 2 aliphatic heterocycles. The fraction of sp³-hybridized carbons (Fsp3) is 0.278. The van der Waals surface area contributed by atoms with Crippen molar-refractivity contribution in [2.24, 2.45) is 0 Å². The summed E-state index contributed by atoms with van der Waals surface area (Å²) in [5.74, 6) is 0. The lowest BCUT2D eigenvalue weighted by Gasteiger charge is -2.47. The van der Waals surface area contributed by atoms with E-state index in [-0.39, 0.29) is 50.0 Å². The van der Waals surface area contributed by atoms with Crippen LogP contribution >= 0.6 is 0 Å². The molecule has 18 aromatic rings. The van der Waals surface area contributed by atoms with Crippen LogP contribution in [0.3, 0.4) is 0 Å². The van der Waals surface area contributed by atoms with Gasteiger partial charge in [0.25, 0.3) is 6.71 Å². The number of aromatic nitrogens is 2. The molecule has 5 heteroatoms. The smallest absolute Gasteiger partial charge is 0.252 e. The monoisotopic (exact) mass is 1800 g/mol. The van der Waals surface area contributed by atoms with Gasteiger partial charge in [-0.05, 0) is 274 Å². The van der Waals surface area contributed by atoms with Crippen LogP contribution in [0.15, 0.2) is 328 Å². The third-order valence-electron chi connectivity index (χ3n) is 30.8. The average Bonchev–Trinajstić information content (AvgIpc) is 1.03. The molecule has 16 aromatic carbocycles. The van der Waals surface area contributed by atoms with Crippen molar-refractivity contribution in [2.45, 2.75) is 241 Å². The van der Waals surface area contributed by atoms with E-state index in [1.165, 1.54) is 155 Å². The third kappa shape index (κ3) is 15.1. The molecule has 0 atom stereocenters. The molecule has 0 N–H and O–H groups in total. The van der Waals surface area contributed by atoms with E-state index in [0.717, 1.165) is 78.8 Å². The van der Waals surface area contributed by atoms with Crippen LogP contribution in [0.4, 0.5) is 34.1 Å². The fourth-order valence-electron chi connectivity index (χ4n) is 22.7. The molecule has 1 aliphatic carbocycles. The van der Waals surface area contributed by atoms with E-state index in [1.54, 1.807) is 0 Å². The van der Waals surface area contributed by atoms with Gasteiger partial charge in [-0.2, -0.15) is 0 Å². The van der Waals surface area contributed by atoms with Gasteiger partial charge in [-0.1, -0.05) is 411 Å². The predicted molar refractivity (Wildman–Crippen MR) is 596 cm³/mol. The van der Waals surface area contributed by atoms with Gasteiger partial charge in [-0.3, -0.25) is 0 Å². The van der Waals surface area contributed by atoms with E-state index in [4.69, 9.17) is 0 Å². The molecule has 0 bridgehead atoms. The van der Waals surface area contributed by atoms with Gasteiger partial charge in [-0.15, -0.1) is 0 Å². The molecule has 690 valence electrons. The summed E-state index contributed by atoms with van der Waals surface area (Å²) in [5.41, 5.74) is 43.6. The Balaban J connectivity index is 0.953. The summed E-state index contributed by atoms with van der Waals surface area (Å²) in [6, 6.07) is 131. The Morgan fingerprint density at radius 1 is 0.203 bits per heavy atom. The van der Waals surface area contributed by atoms with Crippen LogP contribution in [0.2, 0.25) is 0 Å². The molecule has 4 nitrogen and oxygen atoms in total. The molecule has 2 aromatic heterocycles. The lowest BCUT2D eigenvalue weighted by molar-refractivity contribution is 0.589. The second kappa shape index (κ2) is 31.9. The number of fused-ring (bicyclic) bond motifs is 13. The highest BCUT2D eigenvalue weighted by atomic mass is 15.2.